The zero-order valence-corrected chi connectivity index (χ0v) is 17.5. The zero-order valence-electron chi connectivity index (χ0n) is 17.5. The van der Waals surface area contributed by atoms with Crippen molar-refractivity contribution >= 4 is 34.8 Å². The molecule has 0 saturated carbocycles. The lowest BCUT2D eigenvalue weighted by Crippen LogP contribution is -2.48. The highest BCUT2D eigenvalue weighted by Gasteiger charge is 2.31. The standard InChI is InChI=1S/C22H24F2N4O3/c1-13-11-19(29)25-17-9-4-5-10-18(17)28(13)20(30)12-27(3)14(2)22(31)26-21-15(23)7-6-8-16(21)24/h4-10,13-14H,11-12H2,1-3H3,(H,25,29)(H,26,31)/t13-,14-/m0/s1. The molecule has 0 saturated heterocycles. The molecule has 3 rings (SSSR count). The molecular weight excluding hydrogens is 406 g/mol. The minimum atomic E-state index is -0.883. The Hall–Kier alpha value is -3.33. The Morgan fingerprint density at radius 3 is 2.52 bits per heavy atom. The summed E-state index contributed by atoms with van der Waals surface area (Å²) in [5, 5.41) is 5.03. The minimum Gasteiger partial charge on any atom is -0.324 e. The third-order valence-corrected chi connectivity index (χ3v) is 5.26. The second-order valence-corrected chi connectivity index (χ2v) is 7.56. The molecule has 0 bridgehead atoms. The molecule has 0 spiro atoms. The molecule has 31 heavy (non-hydrogen) atoms. The predicted octanol–water partition coefficient (Wildman–Crippen LogP) is 2.99. The molecular formula is C22H24F2N4O3. The summed E-state index contributed by atoms with van der Waals surface area (Å²) in [6.07, 6.45) is 0.132. The number of rotatable bonds is 5. The SMILES string of the molecule is C[C@@H](C(=O)Nc1c(F)cccc1F)N(C)CC(=O)N1c2ccccc2NC(=O)C[C@@H]1C. The maximum Gasteiger partial charge on any atom is 0.241 e. The molecule has 1 aliphatic rings. The van der Waals surface area contributed by atoms with Crippen LogP contribution < -0.4 is 15.5 Å². The first kappa shape index (κ1) is 22.4. The average molecular weight is 430 g/mol. The summed E-state index contributed by atoms with van der Waals surface area (Å²) in [6, 6.07) is 9.05. The van der Waals surface area contributed by atoms with Crippen molar-refractivity contribution in [2.24, 2.45) is 0 Å². The van der Waals surface area contributed by atoms with Gasteiger partial charge in [-0.15, -0.1) is 0 Å². The number of likely N-dealkylation sites (N-methyl/N-ethyl adjacent to an activating group) is 1. The van der Waals surface area contributed by atoms with E-state index in [1.54, 1.807) is 38.2 Å². The number of carbonyl (C=O) groups excluding carboxylic acids is 3. The van der Waals surface area contributed by atoms with Crippen LogP contribution in [0.4, 0.5) is 25.8 Å². The van der Waals surface area contributed by atoms with Gasteiger partial charge >= 0.3 is 0 Å². The zero-order chi connectivity index (χ0) is 22.7. The number of hydrogen-bond donors (Lipinski definition) is 2. The molecule has 2 atom stereocenters. The van der Waals surface area contributed by atoms with Crippen LogP contribution in [0.25, 0.3) is 0 Å². The molecule has 2 aromatic rings. The molecule has 164 valence electrons. The predicted molar refractivity (Wildman–Crippen MR) is 114 cm³/mol. The van der Waals surface area contributed by atoms with E-state index >= 15 is 0 Å². The fourth-order valence-corrected chi connectivity index (χ4v) is 3.44. The van der Waals surface area contributed by atoms with E-state index in [4.69, 9.17) is 0 Å². The highest BCUT2D eigenvalue weighted by molar-refractivity contribution is 6.05. The van der Waals surface area contributed by atoms with Gasteiger partial charge in [-0.1, -0.05) is 18.2 Å². The van der Waals surface area contributed by atoms with Gasteiger partial charge in [-0.05, 0) is 45.2 Å². The second-order valence-electron chi connectivity index (χ2n) is 7.56. The summed E-state index contributed by atoms with van der Waals surface area (Å²) in [5.74, 6) is -2.92. The van der Waals surface area contributed by atoms with E-state index in [0.717, 1.165) is 12.1 Å². The van der Waals surface area contributed by atoms with Crippen LogP contribution in [0, 0.1) is 11.6 Å². The molecule has 0 aliphatic carbocycles. The quantitative estimate of drug-likeness (QED) is 0.764. The number of amides is 3. The molecule has 2 aromatic carbocycles. The van der Waals surface area contributed by atoms with E-state index in [1.165, 1.54) is 22.8 Å². The van der Waals surface area contributed by atoms with E-state index in [9.17, 15) is 23.2 Å². The number of carbonyl (C=O) groups is 3. The summed E-state index contributed by atoms with van der Waals surface area (Å²) in [4.78, 5) is 40.7. The number of para-hydroxylation sites is 3. The Bertz CT molecular complexity index is 994. The van der Waals surface area contributed by atoms with Gasteiger partial charge in [0.1, 0.15) is 17.3 Å². The van der Waals surface area contributed by atoms with E-state index in [0.29, 0.717) is 11.4 Å². The number of benzene rings is 2. The first-order valence-electron chi connectivity index (χ1n) is 9.85. The number of fused-ring (bicyclic) bond motifs is 1. The number of hydrogen-bond acceptors (Lipinski definition) is 4. The van der Waals surface area contributed by atoms with Crippen LogP contribution in [0.15, 0.2) is 42.5 Å². The lowest BCUT2D eigenvalue weighted by molar-refractivity contribution is -0.123. The van der Waals surface area contributed by atoms with Crippen molar-refractivity contribution in [1.29, 1.82) is 0 Å². The van der Waals surface area contributed by atoms with Gasteiger partial charge in [0.05, 0.1) is 24.0 Å². The summed E-state index contributed by atoms with van der Waals surface area (Å²) < 4.78 is 27.6. The van der Waals surface area contributed by atoms with Gasteiger partial charge in [-0.2, -0.15) is 0 Å². The monoisotopic (exact) mass is 430 g/mol. The fraction of sp³-hybridized carbons (Fsp3) is 0.318. The molecule has 7 nitrogen and oxygen atoms in total. The smallest absolute Gasteiger partial charge is 0.241 e. The number of anilines is 3. The third kappa shape index (κ3) is 4.88. The van der Waals surface area contributed by atoms with E-state index in [2.05, 4.69) is 10.6 Å². The largest absolute Gasteiger partial charge is 0.324 e. The van der Waals surface area contributed by atoms with Crippen molar-refractivity contribution in [2.75, 3.05) is 29.1 Å². The van der Waals surface area contributed by atoms with Crippen molar-refractivity contribution < 1.29 is 23.2 Å². The van der Waals surface area contributed by atoms with E-state index in [-0.39, 0.29) is 30.8 Å². The minimum absolute atomic E-state index is 0.132. The van der Waals surface area contributed by atoms with Gasteiger partial charge in [0.2, 0.25) is 17.7 Å². The average Bonchev–Trinajstić information content (AvgIpc) is 2.84. The molecule has 1 heterocycles. The maximum atomic E-state index is 13.8. The first-order chi connectivity index (χ1) is 14.7. The van der Waals surface area contributed by atoms with Gasteiger partial charge in [0.25, 0.3) is 0 Å². The fourth-order valence-electron chi connectivity index (χ4n) is 3.44. The number of nitrogens with zero attached hydrogens (tertiary/aromatic N) is 2. The maximum absolute atomic E-state index is 13.8. The van der Waals surface area contributed by atoms with Crippen LogP contribution in [0.3, 0.4) is 0 Å². The van der Waals surface area contributed by atoms with E-state index in [1.807, 2.05) is 0 Å². The van der Waals surface area contributed by atoms with Gasteiger partial charge in [0, 0.05) is 12.5 Å². The third-order valence-electron chi connectivity index (χ3n) is 5.26. The number of nitrogens with one attached hydrogen (secondary N) is 2. The summed E-state index contributed by atoms with van der Waals surface area (Å²) in [7, 11) is 1.57. The highest BCUT2D eigenvalue weighted by Crippen LogP contribution is 2.31. The van der Waals surface area contributed by atoms with E-state index < -0.39 is 29.3 Å². The topological polar surface area (TPSA) is 81.8 Å². The van der Waals surface area contributed by atoms with Crippen LogP contribution in [0.2, 0.25) is 0 Å². The molecule has 0 unspecified atom stereocenters. The second kappa shape index (κ2) is 9.22. The summed E-state index contributed by atoms with van der Waals surface area (Å²) in [6.45, 7) is 3.17. The Kier molecular flexibility index (Phi) is 6.65. The molecule has 0 radical (unpaired) electrons. The molecule has 2 N–H and O–H groups in total. The van der Waals surface area contributed by atoms with Crippen LogP contribution in [-0.4, -0.2) is 48.3 Å². The highest BCUT2D eigenvalue weighted by atomic mass is 19.1. The molecule has 3 amide bonds. The molecule has 1 aliphatic heterocycles. The van der Waals surface area contributed by atoms with Crippen molar-refractivity contribution in [2.45, 2.75) is 32.4 Å². The molecule has 0 fully saturated rings. The van der Waals surface area contributed by atoms with Crippen LogP contribution in [0.5, 0.6) is 0 Å². The Labute approximate surface area is 179 Å². The molecule has 9 heteroatoms. The first-order valence-corrected chi connectivity index (χ1v) is 9.85. The summed E-state index contributed by atoms with van der Waals surface area (Å²) >= 11 is 0. The lowest BCUT2D eigenvalue weighted by Gasteiger charge is -2.31. The van der Waals surface area contributed by atoms with Gasteiger partial charge in [-0.3, -0.25) is 19.3 Å². The summed E-state index contributed by atoms with van der Waals surface area (Å²) in [5.41, 5.74) is 0.581. The van der Waals surface area contributed by atoms with Crippen LogP contribution in [-0.2, 0) is 14.4 Å². The van der Waals surface area contributed by atoms with Crippen molar-refractivity contribution in [3.05, 3.63) is 54.1 Å². The molecule has 0 aromatic heterocycles. The van der Waals surface area contributed by atoms with Crippen LogP contribution in [0.1, 0.15) is 20.3 Å². The lowest BCUT2D eigenvalue weighted by atomic mass is 10.1. The Balaban J connectivity index is 1.73. The Morgan fingerprint density at radius 1 is 1.19 bits per heavy atom. The van der Waals surface area contributed by atoms with Crippen LogP contribution >= 0.6 is 0 Å². The van der Waals surface area contributed by atoms with Gasteiger partial charge in [0.15, 0.2) is 0 Å². The van der Waals surface area contributed by atoms with Crippen molar-refractivity contribution in [3.63, 3.8) is 0 Å². The van der Waals surface area contributed by atoms with Crippen molar-refractivity contribution in [3.8, 4) is 0 Å². The normalized spacial score (nSPS) is 16.9. The van der Waals surface area contributed by atoms with Gasteiger partial charge in [-0.25, -0.2) is 8.78 Å². The van der Waals surface area contributed by atoms with Gasteiger partial charge < -0.3 is 15.5 Å². The van der Waals surface area contributed by atoms with Crippen molar-refractivity contribution in [1.82, 2.24) is 4.90 Å². The number of halogens is 2. The Morgan fingerprint density at radius 2 is 1.84 bits per heavy atom.